The Bertz CT molecular complexity index is 442. The van der Waals surface area contributed by atoms with Gasteiger partial charge in [0.1, 0.15) is 5.02 Å². The predicted molar refractivity (Wildman–Crippen MR) is 76.2 cm³/mol. The average Bonchev–Trinajstić information content (AvgIpc) is 2.66. The molecule has 0 saturated heterocycles. The van der Waals surface area contributed by atoms with Gasteiger partial charge in [-0.3, -0.25) is 0 Å². The van der Waals surface area contributed by atoms with Gasteiger partial charge in [-0.25, -0.2) is 4.98 Å². The van der Waals surface area contributed by atoms with Gasteiger partial charge in [-0.15, -0.1) is 0 Å². The molecule has 0 radical (unpaired) electrons. The molecule has 1 aliphatic rings. The van der Waals surface area contributed by atoms with Gasteiger partial charge in [0.25, 0.3) is 0 Å². The minimum absolute atomic E-state index is 0.250. The molecule has 100 valence electrons. The molecule has 0 amide bonds. The van der Waals surface area contributed by atoms with Gasteiger partial charge in [-0.1, -0.05) is 39.3 Å². The summed E-state index contributed by atoms with van der Waals surface area (Å²) in [6.45, 7) is 11.8. The van der Waals surface area contributed by atoms with Gasteiger partial charge in [0.05, 0.1) is 6.20 Å². The minimum Gasteiger partial charge on any atom is -0.365 e. The third-order valence-electron chi connectivity index (χ3n) is 4.38. The van der Waals surface area contributed by atoms with Crippen LogP contribution in [0.5, 0.6) is 0 Å². The molecule has 0 bridgehead atoms. The van der Waals surface area contributed by atoms with E-state index >= 15 is 0 Å². The fraction of sp³-hybridized carbons (Fsp3) is 0.692. The second-order valence-corrected chi connectivity index (χ2v) is 6.35. The molecular formula is C13H21ClN4. The summed E-state index contributed by atoms with van der Waals surface area (Å²) in [6.07, 6.45) is 1.64. The first kappa shape index (κ1) is 13.4. The summed E-state index contributed by atoms with van der Waals surface area (Å²) >= 11 is 6.14. The highest BCUT2D eigenvalue weighted by Gasteiger charge is 2.65. The Labute approximate surface area is 114 Å². The third-order valence-corrected chi connectivity index (χ3v) is 4.66. The first-order valence-electron chi connectivity index (χ1n) is 6.33. The fourth-order valence-electron chi connectivity index (χ4n) is 2.41. The van der Waals surface area contributed by atoms with Crippen molar-refractivity contribution in [2.75, 3.05) is 17.2 Å². The molecule has 1 saturated carbocycles. The van der Waals surface area contributed by atoms with Crippen LogP contribution in [-0.2, 0) is 0 Å². The minimum atomic E-state index is 0.250. The van der Waals surface area contributed by atoms with Gasteiger partial charge in [0, 0.05) is 12.6 Å². The summed E-state index contributed by atoms with van der Waals surface area (Å²) in [4.78, 5) is 8.54. The standard InChI is InChI=1S/C13H21ClN4/c1-6-15-11-16-7-8(14)9(18-11)17-10-12(2,3)13(10,4)5/h7,10H,6H2,1-5H3,(H2,15,16,17,18). The molecule has 0 aliphatic heterocycles. The zero-order chi connectivity index (χ0) is 13.6. The van der Waals surface area contributed by atoms with Crippen molar-refractivity contribution < 1.29 is 0 Å². The summed E-state index contributed by atoms with van der Waals surface area (Å²) < 4.78 is 0. The number of aromatic nitrogens is 2. The zero-order valence-electron chi connectivity index (χ0n) is 11.6. The Morgan fingerprint density at radius 2 is 1.89 bits per heavy atom. The lowest BCUT2D eigenvalue weighted by Crippen LogP contribution is -2.13. The van der Waals surface area contributed by atoms with Crippen molar-refractivity contribution >= 4 is 23.4 Å². The van der Waals surface area contributed by atoms with Crippen molar-refractivity contribution in [1.29, 1.82) is 0 Å². The maximum Gasteiger partial charge on any atom is 0.224 e. The molecule has 1 heterocycles. The summed E-state index contributed by atoms with van der Waals surface area (Å²) in [5.41, 5.74) is 0.499. The van der Waals surface area contributed by atoms with Crippen LogP contribution in [0.15, 0.2) is 6.20 Å². The van der Waals surface area contributed by atoms with E-state index in [1.807, 2.05) is 6.92 Å². The van der Waals surface area contributed by atoms with Crippen molar-refractivity contribution in [3.05, 3.63) is 11.2 Å². The number of hydrogen-bond donors (Lipinski definition) is 2. The SMILES string of the molecule is CCNc1ncc(Cl)c(NC2C(C)(C)C2(C)C)n1. The van der Waals surface area contributed by atoms with Crippen molar-refractivity contribution in [1.82, 2.24) is 9.97 Å². The fourth-order valence-corrected chi connectivity index (χ4v) is 2.55. The lowest BCUT2D eigenvalue weighted by molar-refractivity contribution is 0.457. The molecule has 0 unspecified atom stereocenters. The van der Waals surface area contributed by atoms with Gasteiger partial charge in [-0.2, -0.15) is 4.98 Å². The van der Waals surface area contributed by atoms with E-state index in [4.69, 9.17) is 11.6 Å². The first-order chi connectivity index (χ1) is 8.30. The van der Waals surface area contributed by atoms with Crippen LogP contribution in [0.1, 0.15) is 34.6 Å². The molecular weight excluding hydrogens is 248 g/mol. The van der Waals surface area contributed by atoms with Crippen LogP contribution in [-0.4, -0.2) is 22.6 Å². The summed E-state index contributed by atoms with van der Waals surface area (Å²) in [7, 11) is 0. The molecule has 0 atom stereocenters. The number of rotatable bonds is 4. The van der Waals surface area contributed by atoms with E-state index in [-0.39, 0.29) is 10.8 Å². The van der Waals surface area contributed by atoms with Gasteiger partial charge < -0.3 is 10.6 Å². The quantitative estimate of drug-likeness (QED) is 0.879. The van der Waals surface area contributed by atoms with Crippen LogP contribution in [0.3, 0.4) is 0 Å². The highest BCUT2D eigenvalue weighted by Crippen LogP contribution is 2.63. The lowest BCUT2D eigenvalue weighted by atomic mass is 10.0. The molecule has 5 heteroatoms. The number of nitrogens with zero attached hydrogens (tertiary/aromatic N) is 2. The topological polar surface area (TPSA) is 49.8 Å². The number of hydrogen-bond acceptors (Lipinski definition) is 4. The Kier molecular flexibility index (Phi) is 3.18. The summed E-state index contributed by atoms with van der Waals surface area (Å²) in [5, 5.41) is 7.09. The van der Waals surface area contributed by atoms with Crippen LogP contribution < -0.4 is 10.6 Å². The molecule has 0 spiro atoms. The van der Waals surface area contributed by atoms with Gasteiger partial charge in [0.2, 0.25) is 5.95 Å². The lowest BCUT2D eigenvalue weighted by Gasteiger charge is -2.10. The number of anilines is 2. The maximum atomic E-state index is 6.14. The van der Waals surface area contributed by atoms with Crippen LogP contribution >= 0.6 is 11.6 Å². The zero-order valence-corrected chi connectivity index (χ0v) is 12.4. The third kappa shape index (κ3) is 2.03. The highest BCUT2D eigenvalue weighted by atomic mass is 35.5. The molecule has 2 N–H and O–H groups in total. The second kappa shape index (κ2) is 4.26. The van der Waals surface area contributed by atoms with E-state index in [0.29, 0.717) is 22.8 Å². The van der Waals surface area contributed by atoms with E-state index in [1.165, 1.54) is 0 Å². The van der Waals surface area contributed by atoms with E-state index in [2.05, 4.69) is 48.3 Å². The van der Waals surface area contributed by atoms with Crippen molar-refractivity contribution in [2.24, 2.45) is 10.8 Å². The van der Waals surface area contributed by atoms with Crippen LogP contribution in [0.25, 0.3) is 0 Å². The average molecular weight is 269 g/mol. The number of nitrogens with one attached hydrogen (secondary N) is 2. The van der Waals surface area contributed by atoms with Crippen molar-refractivity contribution in [2.45, 2.75) is 40.7 Å². The molecule has 1 aromatic heterocycles. The monoisotopic (exact) mass is 268 g/mol. The molecule has 1 aromatic rings. The van der Waals surface area contributed by atoms with E-state index in [1.54, 1.807) is 6.20 Å². The van der Waals surface area contributed by atoms with Crippen LogP contribution in [0, 0.1) is 10.8 Å². The highest BCUT2D eigenvalue weighted by molar-refractivity contribution is 6.32. The first-order valence-corrected chi connectivity index (χ1v) is 6.71. The van der Waals surface area contributed by atoms with Crippen molar-refractivity contribution in [3.63, 3.8) is 0 Å². The summed E-state index contributed by atoms with van der Waals surface area (Å²) in [6, 6.07) is 0.381. The molecule has 4 nitrogen and oxygen atoms in total. The molecule has 0 aromatic carbocycles. The van der Waals surface area contributed by atoms with E-state index in [9.17, 15) is 0 Å². The van der Waals surface area contributed by atoms with Crippen LogP contribution in [0.2, 0.25) is 5.02 Å². The molecule has 1 fully saturated rings. The smallest absolute Gasteiger partial charge is 0.224 e. The van der Waals surface area contributed by atoms with Crippen molar-refractivity contribution in [3.8, 4) is 0 Å². The molecule has 18 heavy (non-hydrogen) atoms. The van der Waals surface area contributed by atoms with Gasteiger partial charge >= 0.3 is 0 Å². The molecule has 1 aliphatic carbocycles. The van der Waals surface area contributed by atoms with E-state index in [0.717, 1.165) is 6.54 Å². The number of halogens is 1. The van der Waals surface area contributed by atoms with Gasteiger partial charge in [-0.05, 0) is 17.8 Å². The Balaban J connectivity index is 2.17. The summed E-state index contributed by atoms with van der Waals surface area (Å²) in [5.74, 6) is 1.33. The van der Waals surface area contributed by atoms with Gasteiger partial charge in [0.15, 0.2) is 5.82 Å². The largest absolute Gasteiger partial charge is 0.365 e. The second-order valence-electron chi connectivity index (χ2n) is 5.94. The predicted octanol–water partition coefficient (Wildman–Crippen LogP) is 3.41. The molecule has 2 rings (SSSR count). The normalized spacial score (nSPS) is 20.6. The Morgan fingerprint density at radius 3 is 2.39 bits per heavy atom. The Hall–Kier alpha value is -1.03. The Morgan fingerprint density at radius 1 is 1.28 bits per heavy atom. The maximum absolute atomic E-state index is 6.14. The van der Waals surface area contributed by atoms with E-state index < -0.39 is 0 Å². The van der Waals surface area contributed by atoms with Crippen LogP contribution in [0.4, 0.5) is 11.8 Å².